The molecule has 2 aromatic carbocycles. The van der Waals surface area contributed by atoms with Crippen LogP contribution in [0, 0.1) is 0 Å². The first-order valence-corrected chi connectivity index (χ1v) is 8.58. The average Bonchev–Trinajstić information content (AvgIpc) is 2.70. The van der Waals surface area contributed by atoms with Crippen LogP contribution in [-0.2, 0) is 9.59 Å². The molecule has 2 N–H and O–H groups in total. The van der Waals surface area contributed by atoms with Gasteiger partial charge < -0.3 is 9.72 Å². The summed E-state index contributed by atoms with van der Waals surface area (Å²) in [5.41, 5.74) is 3.60. The summed E-state index contributed by atoms with van der Waals surface area (Å²) in [4.78, 5) is 40.5. The largest absolute Gasteiger partial charge is 0.482 e. The number of amides is 2. The average molecular weight is 376 g/mol. The van der Waals surface area contributed by atoms with Gasteiger partial charge in [-0.2, -0.15) is 5.10 Å². The topological polar surface area (TPSA) is 104 Å². The Morgan fingerprint density at radius 2 is 1.96 bits per heavy atom. The summed E-state index contributed by atoms with van der Waals surface area (Å²) < 4.78 is 5.34. The monoisotopic (exact) mass is 376 g/mol. The Labute approximate surface area is 159 Å². The molecule has 4 rings (SSSR count). The van der Waals surface area contributed by atoms with Crippen LogP contribution < -0.4 is 20.6 Å². The highest BCUT2D eigenvalue weighted by Gasteiger charge is 2.26. The number of hydrazone groups is 1. The van der Waals surface area contributed by atoms with Crippen LogP contribution in [0.2, 0.25) is 0 Å². The molecule has 0 fully saturated rings. The Kier molecular flexibility index (Phi) is 4.59. The Morgan fingerprint density at radius 3 is 2.86 bits per heavy atom. The molecule has 0 aliphatic carbocycles. The van der Waals surface area contributed by atoms with Gasteiger partial charge in [-0.25, -0.2) is 5.43 Å². The number of nitrogens with zero attached hydrogens (tertiary/aromatic N) is 2. The number of para-hydroxylation sites is 3. The van der Waals surface area contributed by atoms with Crippen molar-refractivity contribution in [1.29, 1.82) is 0 Å². The number of aromatic amines is 1. The lowest BCUT2D eigenvalue weighted by atomic mass is 10.2. The number of ether oxygens (including phenoxy) is 1. The first kappa shape index (κ1) is 17.5. The SMILES string of the molecule is O=C(CN1C(=O)COc2ccccc21)N/N=C/c1cc2ccccc2[nH]c1=O. The van der Waals surface area contributed by atoms with E-state index in [0.29, 0.717) is 17.0 Å². The van der Waals surface area contributed by atoms with Gasteiger partial charge >= 0.3 is 0 Å². The Morgan fingerprint density at radius 1 is 1.18 bits per heavy atom. The van der Waals surface area contributed by atoms with E-state index >= 15 is 0 Å². The van der Waals surface area contributed by atoms with Crippen molar-refractivity contribution in [1.82, 2.24) is 10.4 Å². The molecule has 2 amide bonds. The van der Waals surface area contributed by atoms with Gasteiger partial charge in [0.1, 0.15) is 12.3 Å². The first-order valence-electron chi connectivity index (χ1n) is 8.58. The van der Waals surface area contributed by atoms with Gasteiger partial charge in [0.05, 0.1) is 17.5 Å². The summed E-state index contributed by atoms with van der Waals surface area (Å²) in [6.07, 6.45) is 1.28. The van der Waals surface area contributed by atoms with Crippen LogP contribution in [-0.4, -0.2) is 36.2 Å². The van der Waals surface area contributed by atoms with Crippen molar-refractivity contribution in [3.8, 4) is 5.75 Å². The van der Waals surface area contributed by atoms with E-state index in [1.807, 2.05) is 18.2 Å². The number of carbonyl (C=O) groups is 2. The van der Waals surface area contributed by atoms with E-state index in [0.717, 1.165) is 10.9 Å². The number of aromatic nitrogens is 1. The number of H-pyrrole nitrogens is 1. The molecule has 1 aliphatic heterocycles. The molecule has 1 aromatic heterocycles. The summed E-state index contributed by atoms with van der Waals surface area (Å²) in [7, 11) is 0. The molecule has 0 radical (unpaired) electrons. The van der Waals surface area contributed by atoms with Crippen LogP contribution in [0.25, 0.3) is 10.9 Å². The van der Waals surface area contributed by atoms with Gasteiger partial charge in [0, 0.05) is 5.52 Å². The van der Waals surface area contributed by atoms with Crippen molar-refractivity contribution in [2.75, 3.05) is 18.1 Å². The van der Waals surface area contributed by atoms with Gasteiger partial charge in [-0.15, -0.1) is 0 Å². The molecule has 28 heavy (non-hydrogen) atoms. The van der Waals surface area contributed by atoms with Crippen molar-refractivity contribution in [3.63, 3.8) is 0 Å². The number of hydrogen-bond acceptors (Lipinski definition) is 5. The summed E-state index contributed by atoms with van der Waals surface area (Å²) in [5, 5.41) is 4.69. The molecule has 0 unspecified atom stereocenters. The third-order valence-corrected chi connectivity index (χ3v) is 4.29. The van der Waals surface area contributed by atoms with E-state index in [1.54, 1.807) is 36.4 Å². The van der Waals surface area contributed by atoms with E-state index in [-0.39, 0.29) is 24.6 Å². The van der Waals surface area contributed by atoms with Crippen molar-refractivity contribution in [3.05, 3.63) is 70.5 Å². The molecule has 1 aliphatic rings. The zero-order valence-electron chi connectivity index (χ0n) is 14.7. The number of benzene rings is 2. The smallest absolute Gasteiger partial charge is 0.265 e. The van der Waals surface area contributed by atoms with Crippen molar-refractivity contribution in [2.45, 2.75) is 0 Å². The van der Waals surface area contributed by atoms with Crippen molar-refractivity contribution < 1.29 is 14.3 Å². The fourth-order valence-electron chi connectivity index (χ4n) is 2.94. The molecule has 0 bridgehead atoms. The third-order valence-electron chi connectivity index (χ3n) is 4.29. The number of pyridine rings is 1. The number of nitrogens with one attached hydrogen (secondary N) is 2. The van der Waals surface area contributed by atoms with E-state index in [4.69, 9.17) is 4.74 Å². The zero-order valence-corrected chi connectivity index (χ0v) is 14.7. The first-order chi connectivity index (χ1) is 13.6. The highest BCUT2D eigenvalue weighted by molar-refractivity contribution is 6.02. The van der Waals surface area contributed by atoms with E-state index in [9.17, 15) is 14.4 Å². The minimum absolute atomic E-state index is 0.125. The normalized spacial score (nSPS) is 13.4. The van der Waals surface area contributed by atoms with Gasteiger partial charge in [0.15, 0.2) is 6.61 Å². The number of hydrogen-bond donors (Lipinski definition) is 2. The minimum Gasteiger partial charge on any atom is -0.482 e. The molecular weight excluding hydrogens is 360 g/mol. The molecule has 8 nitrogen and oxygen atoms in total. The fraction of sp³-hybridized carbons (Fsp3) is 0.100. The lowest BCUT2D eigenvalue weighted by Gasteiger charge is -2.28. The molecule has 3 aromatic rings. The van der Waals surface area contributed by atoms with Crippen LogP contribution in [0.4, 0.5) is 5.69 Å². The Balaban J connectivity index is 1.46. The molecular formula is C20H16N4O4. The lowest BCUT2D eigenvalue weighted by Crippen LogP contribution is -2.44. The minimum atomic E-state index is -0.487. The zero-order chi connectivity index (χ0) is 19.5. The number of fused-ring (bicyclic) bond motifs is 2. The van der Waals surface area contributed by atoms with Crippen LogP contribution in [0.15, 0.2) is 64.5 Å². The quantitative estimate of drug-likeness (QED) is 0.531. The summed E-state index contributed by atoms with van der Waals surface area (Å²) in [5.74, 6) is -0.261. The third kappa shape index (κ3) is 3.48. The molecule has 0 saturated heterocycles. The van der Waals surface area contributed by atoms with Crippen LogP contribution in [0.5, 0.6) is 5.75 Å². The summed E-state index contributed by atoms with van der Waals surface area (Å²) >= 11 is 0. The standard InChI is InChI=1S/C20H16N4O4/c25-18(11-24-16-7-3-4-8-17(16)28-12-19(24)26)23-21-10-14-9-13-5-1-2-6-15(13)22-20(14)27/h1-10H,11-12H2,(H,22,27)(H,23,25)/b21-10+. The van der Waals surface area contributed by atoms with Gasteiger partial charge in [-0.05, 0) is 29.7 Å². The van der Waals surface area contributed by atoms with E-state index in [1.165, 1.54) is 11.1 Å². The summed E-state index contributed by atoms with van der Waals surface area (Å²) in [6, 6.07) is 16.0. The van der Waals surface area contributed by atoms with Gasteiger partial charge in [-0.1, -0.05) is 30.3 Å². The van der Waals surface area contributed by atoms with Gasteiger partial charge in [0.2, 0.25) is 0 Å². The molecule has 140 valence electrons. The number of carbonyl (C=O) groups excluding carboxylic acids is 2. The van der Waals surface area contributed by atoms with Crippen LogP contribution >= 0.6 is 0 Å². The molecule has 2 heterocycles. The predicted molar refractivity (Wildman–Crippen MR) is 105 cm³/mol. The fourth-order valence-corrected chi connectivity index (χ4v) is 2.94. The number of rotatable bonds is 4. The maximum atomic E-state index is 12.2. The second-order valence-corrected chi connectivity index (χ2v) is 6.17. The van der Waals surface area contributed by atoms with E-state index < -0.39 is 5.91 Å². The summed E-state index contributed by atoms with van der Waals surface area (Å²) in [6.45, 7) is -0.329. The second-order valence-electron chi connectivity index (χ2n) is 6.17. The molecule has 8 heteroatoms. The Bertz CT molecular complexity index is 1150. The van der Waals surface area contributed by atoms with Gasteiger partial charge in [-0.3, -0.25) is 19.3 Å². The van der Waals surface area contributed by atoms with Gasteiger partial charge in [0.25, 0.3) is 17.4 Å². The van der Waals surface area contributed by atoms with Crippen molar-refractivity contribution >= 4 is 34.6 Å². The van der Waals surface area contributed by atoms with Crippen LogP contribution in [0.1, 0.15) is 5.56 Å². The van der Waals surface area contributed by atoms with Crippen LogP contribution in [0.3, 0.4) is 0 Å². The highest BCUT2D eigenvalue weighted by Crippen LogP contribution is 2.31. The highest BCUT2D eigenvalue weighted by atomic mass is 16.5. The maximum Gasteiger partial charge on any atom is 0.265 e. The molecule has 0 saturated carbocycles. The van der Waals surface area contributed by atoms with E-state index in [2.05, 4.69) is 15.5 Å². The Hall–Kier alpha value is -3.94. The number of anilines is 1. The molecule has 0 atom stereocenters. The van der Waals surface area contributed by atoms with Crippen molar-refractivity contribution in [2.24, 2.45) is 5.10 Å². The predicted octanol–water partition coefficient (Wildman–Crippen LogP) is 1.40. The second kappa shape index (κ2) is 7.36. The lowest BCUT2D eigenvalue weighted by molar-refractivity contribution is -0.125. The molecule has 0 spiro atoms. The maximum absolute atomic E-state index is 12.2.